The number of aliphatic hydroxyl groups is 1. The number of hydrogen-bond acceptors (Lipinski definition) is 4. The first-order valence-electron chi connectivity index (χ1n) is 8.22. The summed E-state index contributed by atoms with van der Waals surface area (Å²) in [5.74, 6) is 0. The smallest absolute Gasteiger partial charge is 0.317 e. The van der Waals surface area contributed by atoms with Gasteiger partial charge in [0.15, 0.2) is 0 Å². The van der Waals surface area contributed by atoms with Crippen LogP contribution in [0.4, 0.5) is 4.79 Å². The molecule has 1 aromatic rings. The van der Waals surface area contributed by atoms with Crippen molar-refractivity contribution in [2.24, 2.45) is 0 Å². The zero-order valence-corrected chi connectivity index (χ0v) is 13.7. The summed E-state index contributed by atoms with van der Waals surface area (Å²) >= 11 is 1.77. The number of aliphatic hydroxyl groups excluding tert-OH is 1. The van der Waals surface area contributed by atoms with Gasteiger partial charge >= 0.3 is 6.03 Å². The molecule has 1 aromatic heterocycles. The van der Waals surface area contributed by atoms with Crippen molar-refractivity contribution in [1.82, 2.24) is 15.1 Å². The molecule has 1 atom stereocenters. The van der Waals surface area contributed by atoms with Crippen molar-refractivity contribution in [3.8, 4) is 0 Å². The van der Waals surface area contributed by atoms with Gasteiger partial charge in [-0.05, 0) is 50.2 Å². The molecule has 0 aromatic carbocycles. The lowest BCUT2D eigenvalue weighted by molar-refractivity contribution is 0.0929. The number of nitrogens with one attached hydrogen (secondary N) is 1. The molecule has 1 unspecified atom stereocenters. The van der Waals surface area contributed by atoms with Crippen LogP contribution >= 0.6 is 11.3 Å². The average Bonchev–Trinajstić information content (AvgIpc) is 3.22. The molecular weight excluding hydrogens is 298 g/mol. The van der Waals surface area contributed by atoms with Gasteiger partial charge in [0.2, 0.25) is 0 Å². The number of amides is 2. The number of rotatable bonds is 4. The third-order valence-corrected chi connectivity index (χ3v) is 5.62. The average molecular weight is 323 g/mol. The van der Waals surface area contributed by atoms with Gasteiger partial charge in [-0.25, -0.2) is 4.79 Å². The van der Waals surface area contributed by atoms with Crippen molar-refractivity contribution in [3.63, 3.8) is 0 Å². The highest BCUT2D eigenvalue weighted by atomic mass is 32.1. The lowest BCUT2D eigenvalue weighted by atomic mass is 10.1. The number of carbonyl (C=O) groups excluding carboxylic acids is 1. The number of piperidine rings is 1. The Bertz CT molecular complexity index is 466. The Morgan fingerprint density at radius 2 is 2.05 bits per heavy atom. The number of thiophene rings is 1. The van der Waals surface area contributed by atoms with Crippen molar-refractivity contribution < 1.29 is 9.90 Å². The van der Waals surface area contributed by atoms with Crippen molar-refractivity contribution in [2.45, 2.75) is 37.8 Å². The minimum absolute atomic E-state index is 0.00709. The Kier molecular flexibility index (Phi) is 5.33. The van der Waals surface area contributed by atoms with E-state index in [0.717, 1.165) is 13.1 Å². The van der Waals surface area contributed by atoms with Gasteiger partial charge in [-0.2, -0.15) is 0 Å². The summed E-state index contributed by atoms with van der Waals surface area (Å²) in [6.07, 6.45) is 3.63. The van der Waals surface area contributed by atoms with Crippen LogP contribution in [0.5, 0.6) is 0 Å². The van der Waals surface area contributed by atoms with E-state index in [1.165, 1.54) is 17.7 Å². The molecule has 2 aliphatic rings. The highest BCUT2D eigenvalue weighted by molar-refractivity contribution is 7.10. The summed E-state index contributed by atoms with van der Waals surface area (Å²) < 4.78 is 0. The van der Waals surface area contributed by atoms with E-state index in [4.69, 9.17) is 0 Å². The molecule has 5 nitrogen and oxygen atoms in total. The Hall–Kier alpha value is -1.11. The van der Waals surface area contributed by atoms with E-state index in [1.807, 2.05) is 4.90 Å². The van der Waals surface area contributed by atoms with Crippen LogP contribution in [-0.4, -0.2) is 59.8 Å². The molecule has 122 valence electrons. The zero-order chi connectivity index (χ0) is 15.4. The molecule has 22 heavy (non-hydrogen) atoms. The fourth-order valence-electron chi connectivity index (χ4n) is 3.31. The molecule has 2 amide bonds. The molecule has 3 rings (SSSR count). The Morgan fingerprint density at radius 3 is 2.68 bits per heavy atom. The Morgan fingerprint density at radius 1 is 1.32 bits per heavy atom. The van der Waals surface area contributed by atoms with Crippen molar-refractivity contribution in [2.75, 3.05) is 32.7 Å². The number of hydrogen-bond donors (Lipinski definition) is 2. The van der Waals surface area contributed by atoms with Crippen LogP contribution in [-0.2, 0) is 0 Å². The van der Waals surface area contributed by atoms with Gasteiger partial charge < -0.3 is 15.3 Å². The van der Waals surface area contributed by atoms with E-state index >= 15 is 0 Å². The largest absolute Gasteiger partial charge is 0.393 e. The van der Waals surface area contributed by atoms with E-state index < -0.39 is 0 Å². The number of carbonyl (C=O) groups is 1. The fraction of sp³-hybridized carbons (Fsp3) is 0.688. The maximum Gasteiger partial charge on any atom is 0.317 e. The maximum atomic E-state index is 12.3. The van der Waals surface area contributed by atoms with Gasteiger partial charge in [0, 0.05) is 24.5 Å². The Balaban J connectivity index is 1.56. The van der Waals surface area contributed by atoms with Crippen molar-refractivity contribution >= 4 is 17.4 Å². The predicted octanol–water partition coefficient (Wildman–Crippen LogP) is 2.05. The van der Waals surface area contributed by atoms with Gasteiger partial charge in [0.25, 0.3) is 0 Å². The number of nitrogens with zero attached hydrogens (tertiary/aromatic N) is 2. The minimum Gasteiger partial charge on any atom is -0.393 e. The third kappa shape index (κ3) is 3.80. The monoisotopic (exact) mass is 323 g/mol. The van der Waals surface area contributed by atoms with Crippen molar-refractivity contribution in [3.05, 3.63) is 22.4 Å². The topological polar surface area (TPSA) is 55.8 Å². The van der Waals surface area contributed by atoms with Crippen LogP contribution in [0.1, 0.15) is 36.6 Å². The molecule has 0 bridgehead atoms. The second-order valence-corrected chi connectivity index (χ2v) is 7.16. The SMILES string of the molecule is O=C(NCC(c1cccs1)N1CCCC1)N1CCC(O)CC1. The predicted molar refractivity (Wildman–Crippen MR) is 88.1 cm³/mol. The minimum atomic E-state index is -0.243. The van der Waals surface area contributed by atoms with Gasteiger partial charge in [-0.3, -0.25) is 4.90 Å². The van der Waals surface area contributed by atoms with Crippen LogP contribution in [0.3, 0.4) is 0 Å². The zero-order valence-electron chi connectivity index (χ0n) is 12.9. The van der Waals surface area contributed by atoms with E-state index in [2.05, 4.69) is 27.7 Å². The van der Waals surface area contributed by atoms with Crippen LogP contribution in [0, 0.1) is 0 Å². The van der Waals surface area contributed by atoms with Gasteiger partial charge in [0.1, 0.15) is 0 Å². The first-order valence-corrected chi connectivity index (χ1v) is 9.10. The maximum absolute atomic E-state index is 12.3. The summed E-state index contributed by atoms with van der Waals surface area (Å²) in [6, 6.07) is 4.54. The number of likely N-dealkylation sites (tertiary alicyclic amines) is 2. The second kappa shape index (κ2) is 7.44. The molecule has 0 spiro atoms. The normalized spacial score (nSPS) is 22.0. The van der Waals surface area contributed by atoms with Crippen LogP contribution in [0.25, 0.3) is 0 Å². The summed E-state index contributed by atoms with van der Waals surface area (Å²) in [5, 5.41) is 14.7. The molecule has 0 saturated carbocycles. The second-order valence-electron chi connectivity index (χ2n) is 6.18. The van der Waals surface area contributed by atoms with Crippen LogP contribution in [0.2, 0.25) is 0 Å². The first-order chi connectivity index (χ1) is 10.7. The number of urea groups is 1. The fourth-order valence-corrected chi connectivity index (χ4v) is 4.17. The first kappa shape index (κ1) is 15.8. The van der Waals surface area contributed by atoms with Crippen LogP contribution < -0.4 is 5.32 Å². The lowest BCUT2D eigenvalue weighted by Gasteiger charge is -2.31. The van der Waals surface area contributed by atoms with E-state index in [-0.39, 0.29) is 12.1 Å². The van der Waals surface area contributed by atoms with Crippen LogP contribution in [0.15, 0.2) is 17.5 Å². The molecule has 2 aliphatic heterocycles. The quantitative estimate of drug-likeness (QED) is 0.892. The Labute approximate surface area is 135 Å². The van der Waals surface area contributed by atoms with E-state index in [9.17, 15) is 9.90 Å². The molecule has 2 fully saturated rings. The summed E-state index contributed by atoms with van der Waals surface area (Å²) in [7, 11) is 0. The summed E-state index contributed by atoms with van der Waals surface area (Å²) in [4.78, 5) is 17.9. The molecular formula is C16H25N3O2S. The molecule has 2 saturated heterocycles. The summed E-state index contributed by atoms with van der Waals surface area (Å²) in [6.45, 7) is 4.21. The molecule has 2 N–H and O–H groups in total. The highest BCUT2D eigenvalue weighted by Gasteiger charge is 2.26. The van der Waals surface area contributed by atoms with Gasteiger partial charge in [-0.15, -0.1) is 11.3 Å². The van der Waals surface area contributed by atoms with Gasteiger partial charge in [0.05, 0.1) is 12.1 Å². The summed E-state index contributed by atoms with van der Waals surface area (Å²) in [5.41, 5.74) is 0. The highest BCUT2D eigenvalue weighted by Crippen LogP contribution is 2.27. The molecule has 3 heterocycles. The van der Waals surface area contributed by atoms with E-state index in [0.29, 0.717) is 38.5 Å². The van der Waals surface area contributed by atoms with Crippen molar-refractivity contribution in [1.29, 1.82) is 0 Å². The molecule has 6 heteroatoms. The standard InChI is InChI=1S/C16H25N3O2S/c20-13-5-9-19(10-6-13)16(21)17-12-14(15-4-3-11-22-15)18-7-1-2-8-18/h3-4,11,13-14,20H,1-2,5-10,12H2,(H,17,21). The molecule has 0 radical (unpaired) electrons. The third-order valence-electron chi connectivity index (χ3n) is 4.65. The van der Waals surface area contributed by atoms with Gasteiger partial charge in [-0.1, -0.05) is 6.07 Å². The lowest BCUT2D eigenvalue weighted by Crippen LogP contribution is -2.47. The van der Waals surface area contributed by atoms with E-state index in [1.54, 1.807) is 11.3 Å². The molecule has 0 aliphatic carbocycles.